The molecule has 14 nitrogen and oxygen atoms in total. The molecule has 1 fully saturated rings. The van der Waals surface area contributed by atoms with E-state index in [-0.39, 0.29) is 17.8 Å². The molecular formula is C40H44Cl2N4O10. The van der Waals surface area contributed by atoms with Crippen molar-refractivity contribution in [1.82, 2.24) is 20.0 Å². The number of aromatic nitrogens is 2. The number of piperidine rings is 1. The SMILES string of the molecule is CC(=O)NC1(c2ccccc2)CCN(CCC(c2ccc(Cl)c(Cl)c2)C(OC(C)=O)c2ccnn2-c2ccccc2)CC1.O=C(O)CC(O)(CC(=O)O)C(=O)O. The number of amides is 1. The summed E-state index contributed by atoms with van der Waals surface area (Å²) in [7, 11) is 0. The van der Waals surface area contributed by atoms with Crippen LogP contribution in [0.15, 0.2) is 91.1 Å². The van der Waals surface area contributed by atoms with Crippen molar-refractivity contribution in [1.29, 1.82) is 0 Å². The third kappa shape index (κ3) is 11.6. The molecule has 298 valence electrons. The Bertz CT molecular complexity index is 1970. The zero-order chi connectivity index (χ0) is 41.0. The first kappa shape index (κ1) is 43.4. The number of ether oxygens (including phenoxy) is 1. The average Bonchev–Trinajstić information content (AvgIpc) is 3.63. The molecule has 1 saturated heterocycles. The van der Waals surface area contributed by atoms with Crippen molar-refractivity contribution in [2.24, 2.45) is 0 Å². The summed E-state index contributed by atoms with van der Waals surface area (Å²) in [6.45, 7) is 5.38. The van der Waals surface area contributed by atoms with Crippen molar-refractivity contribution in [3.8, 4) is 5.69 Å². The van der Waals surface area contributed by atoms with Crippen LogP contribution in [-0.4, -0.2) is 90.1 Å². The fourth-order valence-corrected chi connectivity index (χ4v) is 7.16. The minimum atomic E-state index is -2.74. The van der Waals surface area contributed by atoms with Gasteiger partial charge < -0.3 is 35.4 Å². The number of para-hydroxylation sites is 1. The van der Waals surface area contributed by atoms with Crippen LogP contribution in [0.4, 0.5) is 0 Å². The number of hydrogen-bond acceptors (Lipinski definition) is 9. The first-order valence-corrected chi connectivity index (χ1v) is 18.5. The molecule has 2 unspecified atom stereocenters. The molecule has 1 aliphatic rings. The maximum atomic E-state index is 12.5. The lowest BCUT2D eigenvalue weighted by molar-refractivity contribution is -0.170. The predicted molar refractivity (Wildman–Crippen MR) is 207 cm³/mol. The Balaban J connectivity index is 0.000000460. The predicted octanol–water partition coefficient (Wildman–Crippen LogP) is 5.84. The standard InChI is InChI=1S/C34H36Cl2N4O3.C6H8O7/c1-24(41)38-34(27-9-5-3-6-10-27)17-21-39(22-18-34)20-16-29(26-13-14-30(35)31(36)23-26)33(43-25(2)42)32-15-19-37-40(32)28-11-7-4-8-12-28;7-3(8)1-6(13,5(11)12)2-4(9)10/h3-15,19,23,29,33H,16-18,20-22H2,1-2H3,(H,38,41);13H,1-2H2,(H,7,8)(H,9,10)(H,11,12). The van der Waals surface area contributed by atoms with Crippen molar-refractivity contribution >= 4 is 53.0 Å². The number of carboxylic acids is 3. The third-order valence-corrected chi connectivity index (χ3v) is 10.2. The Hall–Kier alpha value is -5.28. The van der Waals surface area contributed by atoms with Gasteiger partial charge >= 0.3 is 23.9 Å². The number of benzene rings is 3. The molecule has 1 amide bonds. The van der Waals surface area contributed by atoms with Gasteiger partial charge in [-0.25, -0.2) is 9.48 Å². The van der Waals surface area contributed by atoms with E-state index in [9.17, 15) is 24.0 Å². The number of nitrogens with one attached hydrogen (secondary N) is 1. The molecule has 0 bridgehead atoms. The molecule has 0 radical (unpaired) electrons. The number of carbonyl (C=O) groups is 5. The van der Waals surface area contributed by atoms with Crippen LogP contribution >= 0.6 is 23.2 Å². The summed E-state index contributed by atoms with van der Waals surface area (Å²) >= 11 is 12.8. The summed E-state index contributed by atoms with van der Waals surface area (Å²) in [5.74, 6) is -5.66. The number of hydrogen-bond donors (Lipinski definition) is 5. The van der Waals surface area contributed by atoms with Crippen molar-refractivity contribution < 1.29 is 49.1 Å². The van der Waals surface area contributed by atoms with Crippen LogP contribution in [0.3, 0.4) is 0 Å². The van der Waals surface area contributed by atoms with Gasteiger partial charge in [0.2, 0.25) is 5.91 Å². The highest BCUT2D eigenvalue weighted by Crippen LogP contribution is 2.41. The molecule has 0 spiro atoms. The van der Waals surface area contributed by atoms with Crippen molar-refractivity contribution in [2.75, 3.05) is 19.6 Å². The van der Waals surface area contributed by atoms with E-state index in [1.54, 1.807) is 19.2 Å². The molecule has 4 aromatic rings. The molecular weight excluding hydrogens is 767 g/mol. The summed E-state index contributed by atoms with van der Waals surface area (Å²) in [6.07, 6.45) is 1.09. The zero-order valence-corrected chi connectivity index (χ0v) is 32.3. The van der Waals surface area contributed by atoms with Crippen molar-refractivity contribution in [3.63, 3.8) is 0 Å². The highest BCUT2D eigenvalue weighted by molar-refractivity contribution is 6.42. The van der Waals surface area contributed by atoms with Gasteiger partial charge in [0.1, 0.15) is 0 Å². The van der Waals surface area contributed by atoms with E-state index in [0.717, 1.165) is 55.0 Å². The van der Waals surface area contributed by atoms with Gasteiger partial charge in [-0.05, 0) is 67.3 Å². The fraction of sp³-hybridized carbons (Fsp3) is 0.350. The molecule has 16 heteroatoms. The van der Waals surface area contributed by atoms with Gasteiger partial charge in [0.15, 0.2) is 11.7 Å². The van der Waals surface area contributed by atoms with Gasteiger partial charge in [-0.15, -0.1) is 0 Å². The number of halogens is 2. The van der Waals surface area contributed by atoms with Crippen molar-refractivity contribution in [2.45, 2.75) is 69.1 Å². The van der Waals surface area contributed by atoms with E-state index >= 15 is 0 Å². The van der Waals surface area contributed by atoms with E-state index in [1.165, 1.54) is 6.92 Å². The van der Waals surface area contributed by atoms with E-state index in [1.807, 2.05) is 71.4 Å². The summed E-state index contributed by atoms with van der Waals surface area (Å²) in [4.78, 5) is 57.6. The average molecular weight is 812 g/mol. The van der Waals surface area contributed by atoms with Crippen LogP contribution in [0.1, 0.15) is 74.8 Å². The van der Waals surface area contributed by atoms with Crippen LogP contribution in [0, 0.1) is 0 Å². The molecule has 0 aliphatic carbocycles. The first-order chi connectivity index (χ1) is 26.5. The number of nitrogens with zero attached hydrogens (tertiary/aromatic N) is 3. The van der Waals surface area contributed by atoms with E-state index < -0.39 is 48.0 Å². The van der Waals surface area contributed by atoms with Gasteiger partial charge in [-0.1, -0.05) is 77.8 Å². The van der Waals surface area contributed by atoms with E-state index in [0.29, 0.717) is 16.5 Å². The minimum absolute atomic E-state index is 0.0313. The van der Waals surface area contributed by atoms with E-state index in [4.69, 9.17) is 48.4 Å². The number of rotatable bonds is 15. The zero-order valence-electron chi connectivity index (χ0n) is 30.8. The second-order valence-electron chi connectivity index (χ2n) is 13.6. The summed E-state index contributed by atoms with van der Waals surface area (Å²) in [5, 5.41) is 42.6. The smallest absolute Gasteiger partial charge is 0.336 e. The monoisotopic (exact) mass is 810 g/mol. The molecule has 3 aromatic carbocycles. The summed E-state index contributed by atoms with van der Waals surface area (Å²) in [6, 6.07) is 27.5. The Labute approximate surface area is 333 Å². The Morgan fingerprint density at radius 3 is 1.96 bits per heavy atom. The summed E-state index contributed by atoms with van der Waals surface area (Å²) < 4.78 is 7.90. The molecule has 1 aromatic heterocycles. The molecule has 5 N–H and O–H groups in total. The van der Waals surface area contributed by atoms with Crippen molar-refractivity contribution in [3.05, 3.63) is 118 Å². The van der Waals surface area contributed by atoms with Crippen LogP contribution in [-0.2, 0) is 34.2 Å². The van der Waals surface area contributed by atoms with Gasteiger partial charge in [-0.3, -0.25) is 19.2 Å². The number of esters is 1. The Morgan fingerprint density at radius 2 is 1.45 bits per heavy atom. The number of carbonyl (C=O) groups excluding carboxylic acids is 2. The van der Waals surface area contributed by atoms with Gasteiger partial charge in [-0.2, -0.15) is 5.10 Å². The fourth-order valence-electron chi connectivity index (χ4n) is 6.85. The number of likely N-dealkylation sites (tertiary alicyclic amines) is 1. The maximum Gasteiger partial charge on any atom is 0.336 e. The lowest BCUT2D eigenvalue weighted by atomic mass is 9.80. The summed E-state index contributed by atoms with van der Waals surface area (Å²) in [5.41, 5.74) is 0.564. The second-order valence-corrected chi connectivity index (χ2v) is 14.4. The molecule has 56 heavy (non-hydrogen) atoms. The molecule has 0 saturated carbocycles. The first-order valence-electron chi connectivity index (χ1n) is 17.7. The molecule has 2 heterocycles. The minimum Gasteiger partial charge on any atom is -0.481 e. The Morgan fingerprint density at radius 1 is 0.857 bits per heavy atom. The highest BCUT2D eigenvalue weighted by atomic mass is 35.5. The Kier molecular flexibility index (Phi) is 15.2. The van der Waals surface area contributed by atoms with Gasteiger partial charge in [0.25, 0.3) is 0 Å². The largest absolute Gasteiger partial charge is 0.481 e. The van der Waals surface area contributed by atoms with Crippen LogP contribution in [0.25, 0.3) is 5.69 Å². The molecule has 1 aliphatic heterocycles. The number of aliphatic hydroxyl groups is 1. The molecule has 5 rings (SSSR count). The lowest BCUT2D eigenvalue weighted by Gasteiger charge is -2.43. The van der Waals surface area contributed by atoms with Crippen LogP contribution in [0.2, 0.25) is 10.0 Å². The maximum absolute atomic E-state index is 12.5. The highest BCUT2D eigenvalue weighted by Gasteiger charge is 2.41. The van der Waals surface area contributed by atoms with Crippen LogP contribution < -0.4 is 5.32 Å². The van der Waals surface area contributed by atoms with Crippen LogP contribution in [0.5, 0.6) is 0 Å². The number of carboxylic acid groups (broad SMARTS) is 3. The third-order valence-electron chi connectivity index (χ3n) is 9.49. The normalized spacial score (nSPS) is 15.0. The molecule has 2 atom stereocenters. The number of aliphatic carboxylic acids is 3. The quantitative estimate of drug-likeness (QED) is 0.0898. The van der Waals surface area contributed by atoms with E-state index in [2.05, 4.69) is 27.4 Å². The topological polar surface area (TPSA) is 209 Å². The lowest BCUT2D eigenvalue weighted by Crippen LogP contribution is -2.52. The van der Waals surface area contributed by atoms with Gasteiger partial charge in [0.05, 0.1) is 39.8 Å². The second kappa shape index (κ2) is 19.5. The van der Waals surface area contributed by atoms with Gasteiger partial charge in [0, 0.05) is 39.1 Å².